The van der Waals surface area contributed by atoms with Gasteiger partial charge in [-0.15, -0.1) is 0 Å². The van der Waals surface area contributed by atoms with Gasteiger partial charge in [-0.3, -0.25) is 9.69 Å². The third-order valence-electron chi connectivity index (χ3n) is 3.26. The molecule has 4 nitrogen and oxygen atoms in total. The van der Waals surface area contributed by atoms with Crippen molar-refractivity contribution < 1.29 is 19.1 Å². The fourth-order valence-electron chi connectivity index (χ4n) is 2.19. The van der Waals surface area contributed by atoms with Gasteiger partial charge in [-0.05, 0) is 24.1 Å². The molecule has 122 valence electrons. The first-order valence-corrected chi connectivity index (χ1v) is 8.28. The number of rotatable bonds is 4. The average Bonchev–Trinajstić information content (AvgIpc) is 2.70. The van der Waals surface area contributed by atoms with Crippen molar-refractivity contribution in [3.63, 3.8) is 0 Å². The van der Waals surface area contributed by atoms with Gasteiger partial charge in [0.05, 0.1) is 9.93 Å². The number of hydrogen-bond acceptors (Lipinski definition) is 4. The smallest absolute Gasteiger partial charge is 0.327 e. The number of thiocarbonyl (C=S) groups is 1. The number of benzene rings is 1. The molecule has 1 amide bonds. The Balaban J connectivity index is 2.42. The van der Waals surface area contributed by atoms with Crippen LogP contribution in [0.2, 0.25) is 5.02 Å². The van der Waals surface area contributed by atoms with Crippen LogP contribution in [0, 0.1) is 11.7 Å². The number of nitrogens with zero attached hydrogens (tertiary/aromatic N) is 1. The van der Waals surface area contributed by atoms with Crippen LogP contribution in [0.15, 0.2) is 23.1 Å². The molecule has 0 spiro atoms. The second-order valence-electron chi connectivity index (χ2n) is 5.21. The van der Waals surface area contributed by atoms with Gasteiger partial charge >= 0.3 is 5.97 Å². The van der Waals surface area contributed by atoms with E-state index >= 15 is 0 Å². The molecule has 1 aliphatic heterocycles. The van der Waals surface area contributed by atoms with E-state index in [-0.39, 0.29) is 25.7 Å². The molecular weight excluding hydrogens is 361 g/mol. The molecule has 1 N–H and O–H groups in total. The molecule has 1 atom stereocenters. The summed E-state index contributed by atoms with van der Waals surface area (Å²) in [6, 6.07) is 3.13. The van der Waals surface area contributed by atoms with Crippen molar-refractivity contribution in [3.05, 3.63) is 39.5 Å². The Labute approximate surface area is 147 Å². The molecule has 0 bridgehead atoms. The fraction of sp³-hybridized carbons (Fsp3) is 0.267. The molecule has 1 fully saturated rings. The van der Waals surface area contributed by atoms with E-state index in [1.54, 1.807) is 13.8 Å². The molecule has 0 saturated carbocycles. The first-order valence-electron chi connectivity index (χ1n) is 6.68. The van der Waals surface area contributed by atoms with Gasteiger partial charge in [-0.1, -0.05) is 55.5 Å². The Morgan fingerprint density at radius 3 is 2.65 bits per heavy atom. The van der Waals surface area contributed by atoms with E-state index in [4.69, 9.17) is 23.8 Å². The first-order chi connectivity index (χ1) is 10.7. The number of amides is 1. The fourth-order valence-corrected chi connectivity index (χ4v) is 3.72. The Hall–Kier alpha value is -1.44. The highest BCUT2D eigenvalue weighted by molar-refractivity contribution is 8.26. The number of aliphatic carboxylic acids is 1. The lowest BCUT2D eigenvalue weighted by Crippen LogP contribution is -2.47. The van der Waals surface area contributed by atoms with E-state index in [1.165, 1.54) is 24.3 Å². The summed E-state index contributed by atoms with van der Waals surface area (Å²) in [4.78, 5) is 25.2. The van der Waals surface area contributed by atoms with Gasteiger partial charge < -0.3 is 5.11 Å². The van der Waals surface area contributed by atoms with Gasteiger partial charge in [0.25, 0.3) is 5.91 Å². The van der Waals surface area contributed by atoms with Crippen LogP contribution in [-0.4, -0.2) is 32.2 Å². The van der Waals surface area contributed by atoms with Gasteiger partial charge in [0, 0.05) is 5.56 Å². The Kier molecular flexibility index (Phi) is 5.44. The second kappa shape index (κ2) is 6.98. The molecule has 0 aromatic heterocycles. The van der Waals surface area contributed by atoms with Crippen molar-refractivity contribution in [2.24, 2.45) is 5.92 Å². The summed E-state index contributed by atoms with van der Waals surface area (Å²) in [6.07, 6.45) is 1.30. The van der Waals surface area contributed by atoms with Crippen molar-refractivity contribution in [1.29, 1.82) is 0 Å². The number of halogens is 2. The van der Waals surface area contributed by atoms with Crippen molar-refractivity contribution in [2.45, 2.75) is 19.9 Å². The van der Waals surface area contributed by atoms with Gasteiger partial charge in [0.2, 0.25) is 0 Å². The van der Waals surface area contributed by atoms with E-state index < -0.39 is 23.7 Å². The van der Waals surface area contributed by atoms with E-state index in [0.29, 0.717) is 0 Å². The largest absolute Gasteiger partial charge is 0.480 e. The maximum absolute atomic E-state index is 13.9. The summed E-state index contributed by atoms with van der Waals surface area (Å²) >= 11 is 12.0. The lowest BCUT2D eigenvalue weighted by Gasteiger charge is -2.26. The van der Waals surface area contributed by atoms with Crippen LogP contribution < -0.4 is 0 Å². The number of carbonyl (C=O) groups is 2. The minimum atomic E-state index is -1.14. The van der Waals surface area contributed by atoms with E-state index in [9.17, 15) is 19.1 Å². The average molecular weight is 374 g/mol. The standard InChI is InChI=1S/C15H13ClFNO3S2/c1-7(2)12(14(20)21)18-13(19)11(23-15(18)22)6-8-9(16)4-3-5-10(8)17/h3-7,12H,1-2H3,(H,20,21)/b11-6-. The molecule has 23 heavy (non-hydrogen) atoms. The van der Waals surface area contributed by atoms with Crippen LogP contribution in [0.1, 0.15) is 19.4 Å². The third kappa shape index (κ3) is 3.57. The summed E-state index contributed by atoms with van der Waals surface area (Å²) in [5, 5.41) is 9.50. The maximum atomic E-state index is 13.9. The monoisotopic (exact) mass is 373 g/mol. The zero-order chi connectivity index (χ0) is 17.3. The molecular formula is C15H13ClFNO3S2. The van der Waals surface area contributed by atoms with E-state index in [0.717, 1.165) is 16.7 Å². The molecule has 1 saturated heterocycles. The Morgan fingerprint density at radius 1 is 1.48 bits per heavy atom. The third-order valence-corrected chi connectivity index (χ3v) is 4.92. The molecule has 8 heteroatoms. The van der Waals surface area contributed by atoms with Crippen LogP contribution >= 0.6 is 35.6 Å². The zero-order valence-corrected chi connectivity index (χ0v) is 14.6. The molecule has 1 aromatic carbocycles. The lowest BCUT2D eigenvalue weighted by molar-refractivity contribution is -0.146. The Morgan fingerprint density at radius 2 is 2.13 bits per heavy atom. The van der Waals surface area contributed by atoms with Crippen LogP contribution in [0.25, 0.3) is 6.08 Å². The van der Waals surface area contributed by atoms with Gasteiger partial charge in [0.15, 0.2) is 0 Å². The lowest BCUT2D eigenvalue weighted by atomic mass is 10.0. The van der Waals surface area contributed by atoms with Crippen LogP contribution in [0.3, 0.4) is 0 Å². The Bertz CT molecular complexity index is 700. The minimum absolute atomic E-state index is 0.0751. The van der Waals surface area contributed by atoms with Crippen LogP contribution in [0.5, 0.6) is 0 Å². The number of carboxylic acid groups (broad SMARTS) is 1. The predicted molar refractivity (Wildman–Crippen MR) is 92.7 cm³/mol. The molecule has 1 aliphatic rings. The molecule has 0 radical (unpaired) electrons. The zero-order valence-electron chi connectivity index (χ0n) is 12.2. The highest BCUT2D eigenvalue weighted by atomic mass is 35.5. The molecule has 0 aliphatic carbocycles. The SMILES string of the molecule is CC(C)C(C(=O)O)N1C(=O)/C(=C/c2c(F)cccc2Cl)SC1=S. The van der Waals surface area contributed by atoms with Crippen molar-refractivity contribution in [1.82, 2.24) is 4.90 Å². The summed E-state index contributed by atoms with van der Waals surface area (Å²) in [6.45, 7) is 3.38. The normalized spacial score (nSPS) is 18.1. The molecule has 2 rings (SSSR count). The highest BCUT2D eigenvalue weighted by Crippen LogP contribution is 2.36. The van der Waals surface area contributed by atoms with Crippen LogP contribution in [0.4, 0.5) is 4.39 Å². The van der Waals surface area contributed by atoms with Gasteiger partial charge in [-0.25, -0.2) is 9.18 Å². The quantitative estimate of drug-likeness (QED) is 0.642. The minimum Gasteiger partial charge on any atom is -0.480 e. The highest BCUT2D eigenvalue weighted by Gasteiger charge is 2.42. The number of hydrogen-bond donors (Lipinski definition) is 1. The van der Waals surface area contributed by atoms with Crippen molar-refractivity contribution in [3.8, 4) is 0 Å². The number of carbonyl (C=O) groups excluding carboxylic acids is 1. The van der Waals surface area contributed by atoms with Crippen molar-refractivity contribution >= 4 is 57.9 Å². The molecule has 1 heterocycles. The van der Waals surface area contributed by atoms with E-state index in [2.05, 4.69) is 0 Å². The molecule has 1 unspecified atom stereocenters. The van der Waals surface area contributed by atoms with Crippen molar-refractivity contribution in [2.75, 3.05) is 0 Å². The maximum Gasteiger partial charge on any atom is 0.327 e. The van der Waals surface area contributed by atoms with Crippen LogP contribution in [-0.2, 0) is 9.59 Å². The predicted octanol–water partition coefficient (Wildman–Crippen LogP) is 3.79. The number of carboxylic acids is 1. The summed E-state index contributed by atoms with van der Waals surface area (Å²) < 4.78 is 14.0. The van der Waals surface area contributed by atoms with Gasteiger partial charge in [0.1, 0.15) is 16.2 Å². The summed E-state index contributed by atoms with van der Waals surface area (Å²) in [5.74, 6) is -2.59. The summed E-state index contributed by atoms with van der Waals surface area (Å²) in [5.41, 5.74) is 0.0751. The second-order valence-corrected chi connectivity index (χ2v) is 7.30. The summed E-state index contributed by atoms with van der Waals surface area (Å²) in [7, 11) is 0. The molecule has 1 aromatic rings. The van der Waals surface area contributed by atoms with Gasteiger partial charge in [-0.2, -0.15) is 0 Å². The van der Waals surface area contributed by atoms with E-state index in [1.807, 2.05) is 0 Å². The number of thioether (sulfide) groups is 1. The topological polar surface area (TPSA) is 57.6 Å². The first kappa shape index (κ1) is 17.9.